The van der Waals surface area contributed by atoms with Gasteiger partial charge in [-0.15, -0.1) is 0 Å². The van der Waals surface area contributed by atoms with Crippen molar-refractivity contribution in [2.45, 2.75) is 70.6 Å². The van der Waals surface area contributed by atoms with Gasteiger partial charge in [-0.2, -0.15) is 0 Å². The van der Waals surface area contributed by atoms with Crippen molar-refractivity contribution >= 4 is 19.2 Å². The average Bonchev–Trinajstić information content (AvgIpc) is 2.65. The molecule has 2 nitrogen and oxygen atoms in total. The molecular formula is C14H14F18O2Sn. The van der Waals surface area contributed by atoms with E-state index < -0.39 is 89.2 Å². The van der Waals surface area contributed by atoms with Gasteiger partial charge in [0.2, 0.25) is 0 Å². The number of halogens is 18. The fourth-order valence-electron chi connectivity index (χ4n) is 2.26. The second kappa shape index (κ2) is 9.97. The van der Waals surface area contributed by atoms with Crippen LogP contribution in [0, 0.1) is 0 Å². The summed E-state index contributed by atoms with van der Waals surface area (Å²) >= 11 is -10.2. The Bertz CT molecular complexity index is 653. The van der Waals surface area contributed by atoms with E-state index in [0.29, 0.717) is 0 Å². The first-order valence-corrected chi connectivity index (χ1v) is 14.0. The van der Waals surface area contributed by atoms with Crippen LogP contribution in [-0.4, -0.2) is 76.3 Å². The summed E-state index contributed by atoms with van der Waals surface area (Å²) in [5.41, 5.74) is 0. The van der Waals surface area contributed by atoms with Crippen molar-refractivity contribution in [2.75, 3.05) is 13.2 Å². The van der Waals surface area contributed by atoms with Crippen LogP contribution >= 0.6 is 0 Å². The molecule has 0 atom stereocenters. The van der Waals surface area contributed by atoms with E-state index in [1.54, 1.807) is 0 Å². The molecule has 0 amide bonds. The third-order valence-corrected chi connectivity index (χ3v) is 14.1. The summed E-state index contributed by atoms with van der Waals surface area (Å²) in [6, 6.07) is 0. The van der Waals surface area contributed by atoms with E-state index in [0.717, 1.165) is 13.8 Å². The molecule has 35 heavy (non-hydrogen) atoms. The molecule has 0 saturated heterocycles. The van der Waals surface area contributed by atoms with Crippen molar-refractivity contribution in [1.29, 1.82) is 0 Å². The molecule has 212 valence electrons. The number of rotatable bonds is 12. The molecule has 0 saturated carbocycles. The quantitative estimate of drug-likeness (QED) is 0.160. The molecule has 0 rings (SSSR count). The van der Waals surface area contributed by atoms with E-state index in [2.05, 4.69) is 6.15 Å². The minimum absolute atomic E-state index is 0.720. The first kappa shape index (κ1) is 34.5. The Morgan fingerprint density at radius 3 is 0.829 bits per heavy atom. The van der Waals surface area contributed by atoms with Crippen LogP contribution in [0.2, 0.25) is 0 Å². The summed E-state index contributed by atoms with van der Waals surface area (Å²) in [5, 5.41) is 0. The van der Waals surface area contributed by atoms with Gasteiger partial charge in [0.25, 0.3) is 0 Å². The van der Waals surface area contributed by atoms with Crippen molar-refractivity contribution in [2.24, 2.45) is 0 Å². The zero-order valence-corrected chi connectivity index (χ0v) is 19.8. The van der Waals surface area contributed by atoms with Gasteiger partial charge in [-0.05, 0) is 0 Å². The zero-order valence-electron chi connectivity index (χ0n) is 16.9. The normalized spacial score (nSPS) is 16.1. The Labute approximate surface area is 188 Å². The van der Waals surface area contributed by atoms with E-state index in [-0.39, 0.29) is 0 Å². The van der Waals surface area contributed by atoms with Gasteiger partial charge in [-0.3, -0.25) is 0 Å². The predicted molar refractivity (Wildman–Crippen MR) is 80.0 cm³/mol. The fourth-order valence-corrected chi connectivity index (χ4v) is 11.8. The summed E-state index contributed by atoms with van der Waals surface area (Å²) < 4.78 is 234. The molecule has 0 N–H and O–H groups in total. The van der Waals surface area contributed by atoms with E-state index in [9.17, 15) is 79.0 Å². The van der Waals surface area contributed by atoms with Crippen LogP contribution < -0.4 is 0 Å². The maximum absolute atomic E-state index is 14.7. The van der Waals surface area contributed by atoms with Crippen molar-refractivity contribution in [1.82, 2.24) is 0 Å². The monoisotopic (exact) mass is 676 g/mol. The Kier molecular flexibility index (Phi) is 9.82. The fraction of sp³-hybridized carbons (Fsp3) is 1.00. The molecule has 0 aromatic rings. The van der Waals surface area contributed by atoms with Crippen molar-refractivity contribution < 1.29 is 85.2 Å². The number of hydrogen-bond donors (Lipinski definition) is 0. The van der Waals surface area contributed by atoms with Crippen molar-refractivity contribution in [3.63, 3.8) is 0 Å². The zero-order chi connectivity index (χ0) is 28.7. The van der Waals surface area contributed by atoms with Crippen molar-refractivity contribution in [3.8, 4) is 0 Å². The molecule has 0 fully saturated rings. The van der Waals surface area contributed by atoms with Crippen LogP contribution in [0.25, 0.3) is 0 Å². The summed E-state index contributed by atoms with van der Waals surface area (Å²) in [4.78, 5) is 0. The Morgan fingerprint density at radius 1 is 0.429 bits per heavy atom. The van der Waals surface area contributed by atoms with E-state index in [1.807, 2.05) is 0 Å². The van der Waals surface area contributed by atoms with Crippen LogP contribution in [0.4, 0.5) is 79.0 Å². The summed E-state index contributed by atoms with van der Waals surface area (Å²) in [6.07, 6.45) is -17.3. The molecule has 0 radical (unpaired) electrons. The summed E-state index contributed by atoms with van der Waals surface area (Å²) in [5.74, 6) is -32.3. The van der Waals surface area contributed by atoms with Gasteiger partial charge in [0.15, 0.2) is 0 Å². The molecule has 21 heteroatoms. The standard InChI is InChI=1S/2C4F9.2C3H7O.Sn/c2*5-1(6)2(7,8)3(9,10)4(11,12)13;2*1-2-3-4;/h;;2*2-3H2,1H3;/q;;2*-1;+2. The van der Waals surface area contributed by atoms with Gasteiger partial charge in [0.1, 0.15) is 0 Å². The summed E-state index contributed by atoms with van der Waals surface area (Å²) in [6.45, 7) is -2.35. The van der Waals surface area contributed by atoms with Gasteiger partial charge >= 0.3 is 188 Å². The summed E-state index contributed by atoms with van der Waals surface area (Å²) in [7, 11) is 0. The molecule has 0 unspecified atom stereocenters. The Hall–Kier alpha value is -0.541. The Balaban J connectivity index is 7.66. The molecule has 0 aliphatic heterocycles. The second-order valence-corrected chi connectivity index (χ2v) is 15.5. The first-order valence-electron chi connectivity index (χ1n) is 8.80. The molecule has 0 aliphatic rings. The van der Waals surface area contributed by atoms with Crippen LogP contribution in [0.3, 0.4) is 0 Å². The molecule has 0 spiro atoms. The number of alkyl halides is 18. The van der Waals surface area contributed by atoms with E-state index >= 15 is 0 Å². The minimum atomic E-state index is -10.2. The molecule has 0 aromatic heterocycles. The van der Waals surface area contributed by atoms with Crippen LogP contribution in [0.15, 0.2) is 0 Å². The topological polar surface area (TPSA) is 18.5 Å². The number of hydrogen-bond acceptors (Lipinski definition) is 2. The maximum atomic E-state index is 14.7. The second-order valence-electron chi connectivity index (χ2n) is 6.76. The first-order chi connectivity index (χ1) is 15.1. The Morgan fingerprint density at radius 2 is 0.657 bits per heavy atom. The van der Waals surface area contributed by atoms with Gasteiger partial charge in [-0.1, -0.05) is 0 Å². The predicted octanol–water partition coefficient (Wildman–Crippen LogP) is 7.30. The van der Waals surface area contributed by atoms with Crippen LogP contribution in [-0.2, 0) is 6.15 Å². The van der Waals surface area contributed by atoms with Crippen LogP contribution in [0.1, 0.15) is 26.7 Å². The van der Waals surface area contributed by atoms with Gasteiger partial charge in [-0.25, -0.2) is 0 Å². The van der Waals surface area contributed by atoms with Crippen molar-refractivity contribution in [3.05, 3.63) is 0 Å². The molecule has 0 aromatic carbocycles. The molecule has 0 heterocycles. The van der Waals surface area contributed by atoms with E-state index in [4.69, 9.17) is 0 Å². The van der Waals surface area contributed by atoms with Gasteiger partial charge in [0, 0.05) is 0 Å². The molecular weight excluding hydrogens is 661 g/mol. The molecule has 0 aliphatic carbocycles. The van der Waals surface area contributed by atoms with Crippen LogP contribution in [0.5, 0.6) is 0 Å². The third-order valence-electron chi connectivity index (χ3n) is 4.14. The average molecular weight is 675 g/mol. The third kappa shape index (κ3) is 4.99. The molecule has 0 bridgehead atoms. The SMILES string of the molecule is CCC[O][Sn]([O]CCC)([C](F)(F)C(F)(F)C(F)(F)C(F)(F)F)[C](F)(F)C(F)(F)C(F)(F)C(F)(F)F. The van der Waals surface area contributed by atoms with Gasteiger partial charge in [0.05, 0.1) is 0 Å². The van der Waals surface area contributed by atoms with Gasteiger partial charge < -0.3 is 0 Å². The van der Waals surface area contributed by atoms with E-state index in [1.165, 1.54) is 0 Å².